The first kappa shape index (κ1) is 35.5. The molecule has 0 heterocycles. The van der Waals surface area contributed by atoms with Crippen molar-refractivity contribution in [2.75, 3.05) is 0 Å². The van der Waals surface area contributed by atoms with Crippen LogP contribution >= 0.6 is 0 Å². The molecule has 19 heteroatoms. The Morgan fingerprint density at radius 2 is 0.720 bits per heavy atom. The van der Waals surface area contributed by atoms with Crippen LogP contribution in [0.3, 0.4) is 0 Å². The van der Waals surface area contributed by atoms with E-state index in [9.17, 15) is 8.78 Å². The van der Waals surface area contributed by atoms with E-state index >= 15 is 0 Å². The van der Waals surface area contributed by atoms with E-state index in [2.05, 4.69) is 6.07 Å². The minimum Gasteiger partial charge on any atom is -0.402 e. The predicted octanol–water partition coefficient (Wildman–Crippen LogP) is -9.44. The van der Waals surface area contributed by atoms with Crippen LogP contribution in [0.2, 0.25) is 0 Å². The first-order valence-electron chi connectivity index (χ1n) is 5.21. The minimum absolute atomic E-state index is 0. The zero-order chi connectivity index (χ0) is 20.3. The van der Waals surface area contributed by atoms with E-state index in [1.807, 2.05) is 0 Å². The molecule has 0 unspecified atom stereocenters. The van der Waals surface area contributed by atoms with Crippen LogP contribution in [0.5, 0.6) is 0 Å². The molecule has 0 amide bonds. The van der Waals surface area contributed by atoms with Crippen molar-refractivity contribution in [1.29, 1.82) is 0 Å². The van der Waals surface area contributed by atoms with Crippen molar-refractivity contribution in [3.05, 3.63) is 35.9 Å². The maximum Gasteiger partial charge on any atom is 1.00 e. The Hall–Kier alpha value is -0.543. The summed E-state index contributed by atoms with van der Waals surface area (Å²) in [5, 5.41) is 86.0. The van der Waals surface area contributed by atoms with Crippen LogP contribution in [0.15, 0.2) is 18.2 Å². The summed E-state index contributed by atoms with van der Waals surface area (Å²) in [6.45, 7) is 0. The number of halogens is 2. The van der Waals surface area contributed by atoms with Gasteiger partial charge in [-0.05, 0) is 0 Å². The topological polar surface area (TPSA) is 243 Å². The van der Waals surface area contributed by atoms with Gasteiger partial charge >= 0.3 is 48.1 Å². The van der Waals surface area contributed by atoms with Gasteiger partial charge in [0.1, 0.15) is 0 Å². The third-order valence-corrected chi connectivity index (χ3v) is 0.718. The van der Waals surface area contributed by atoms with Gasteiger partial charge < -0.3 is 60.3 Å². The Morgan fingerprint density at radius 1 is 0.560 bits per heavy atom. The Balaban J connectivity index is -0.0000000695. The van der Waals surface area contributed by atoms with Gasteiger partial charge in [0.15, 0.2) is 0 Å². The molecular formula is C6H15B4F2LiO12. The second-order valence-electron chi connectivity index (χ2n) is 2.76. The molecule has 0 fully saturated rings. The van der Waals surface area contributed by atoms with E-state index in [-0.39, 0.29) is 18.9 Å². The smallest absolute Gasteiger partial charge is 0.402 e. The quantitative estimate of drug-likeness (QED) is 0.151. The third kappa shape index (κ3) is 121. The van der Waals surface area contributed by atoms with Gasteiger partial charge in [-0.15, -0.1) is 18.2 Å². The number of benzene rings is 1. The van der Waals surface area contributed by atoms with Crippen molar-refractivity contribution in [3.8, 4) is 0 Å². The molecule has 0 bridgehead atoms. The van der Waals surface area contributed by atoms with Crippen molar-refractivity contribution < 1.29 is 87.9 Å². The van der Waals surface area contributed by atoms with Gasteiger partial charge in [-0.25, -0.2) is 0 Å². The maximum atomic E-state index is 11.9. The second kappa shape index (κ2) is 25.7. The first-order chi connectivity index (χ1) is 10.7. The van der Waals surface area contributed by atoms with Crippen LogP contribution in [-0.4, -0.2) is 89.6 Å². The average molecular weight is 367 g/mol. The molecule has 1 aromatic carbocycles. The van der Waals surface area contributed by atoms with Crippen LogP contribution in [0, 0.1) is 17.7 Å². The summed E-state index contributed by atoms with van der Waals surface area (Å²) in [7, 11) is -8.67. The van der Waals surface area contributed by atoms with Gasteiger partial charge in [-0.3, -0.25) is 8.78 Å². The van der Waals surface area contributed by atoms with Crippen LogP contribution in [0.4, 0.5) is 8.78 Å². The molecule has 0 aromatic heterocycles. The summed E-state index contributed by atoms with van der Waals surface area (Å²) < 4.78 is 23.8. The van der Waals surface area contributed by atoms with Gasteiger partial charge in [0.25, 0.3) is 0 Å². The van der Waals surface area contributed by atoms with Crippen molar-refractivity contribution >= 4 is 29.3 Å². The molecule has 0 saturated heterocycles. The molecule has 0 aliphatic carbocycles. The van der Waals surface area contributed by atoms with E-state index < -0.39 is 40.9 Å². The molecule has 138 valence electrons. The summed E-state index contributed by atoms with van der Waals surface area (Å²) >= 11 is 0. The summed E-state index contributed by atoms with van der Waals surface area (Å²) in [5.41, 5.74) is 0. The molecule has 0 radical (unpaired) electrons. The van der Waals surface area contributed by atoms with E-state index in [0.29, 0.717) is 0 Å². The van der Waals surface area contributed by atoms with Gasteiger partial charge in [-0.2, -0.15) is 6.07 Å². The monoisotopic (exact) mass is 368 g/mol. The maximum absolute atomic E-state index is 11.9. The van der Waals surface area contributed by atoms with Gasteiger partial charge in [-0.1, -0.05) is 0 Å². The second-order valence-corrected chi connectivity index (χ2v) is 2.76. The molecule has 12 N–H and O–H groups in total. The SMILES string of the molecule is Fc1c[c-]cc(F)c1.OB(O)O.OB(O)O.OB(O)O.OB(O)O.[Li+]. The standard InChI is InChI=1S/C6H3F2.4BH3O3.Li/c7-5-2-1-3-6(8)4-5;4*2-1(3)4;/h2-4H;4*2-4H;/q-1;;;;;+1. The van der Waals surface area contributed by atoms with Gasteiger partial charge in [0, 0.05) is 11.6 Å². The van der Waals surface area contributed by atoms with Crippen LogP contribution in [-0.2, 0) is 0 Å². The Bertz CT molecular complexity index is 314. The fourth-order valence-corrected chi connectivity index (χ4v) is 0.416. The molecule has 1 aromatic rings. The van der Waals surface area contributed by atoms with Gasteiger partial charge in [0.2, 0.25) is 0 Å². The Morgan fingerprint density at radius 3 is 0.800 bits per heavy atom. The fourth-order valence-electron chi connectivity index (χ4n) is 0.416. The number of rotatable bonds is 0. The zero-order valence-corrected chi connectivity index (χ0v) is 12.7. The summed E-state index contributed by atoms with van der Waals surface area (Å²) in [4.78, 5) is 0. The van der Waals surface area contributed by atoms with Crippen LogP contribution < -0.4 is 18.9 Å². The fraction of sp³-hybridized carbons (Fsp3) is 0. The summed E-state index contributed by atoms with van der Waals surface area (Å²) in [6, 6.07) is 5.23. The van der Waals surface area contributed by atoms with Gasteiger partial charge in [0.05, 0.1) is 0 Å². The Labute approximate surface area is 153 Å². The van der Waals surface area contributed by atoms with E-state index in [1.165, 1.54) is 0 Å². The average Bonchev–Trinajstić information content (AvgIpc) is 2.24. The first-order valence-corrected chi connectivity index (χ1v) is 5.21. The molecule has 0 saturated carbocycles. The molecule has 12 nitrogen and oxygen atoms in total. The molecule has 0 aliphatic rings. The normalized spacial score (nSPS) is 7.28. The zero-order valence-electron chi connectivity index (χ0n) is 12.7. The van der Waals surface area contributed by atoms with Crippen molar-refractivity contribution in [1.82, 2.24) is 0 Å². The predicted molar refractivity (Wildman–Crippen MR) is 74.8 cm³/mol. The van der Waals surface area contributed by atoms with Crippen molar-refractivity contribution in [3.63, 3.8) is 0 Å². The molecule has 0 atom stereocenters. The molecule has 0 spiro atoms. The van der Waals surface area contributed by atoms with Crippen molar-refractivity contribution in [2.24, 2.45) is 0 Å². The molecule has 1 rings (SSSR count). The van der Waals surface area contributed by atoms with E-state index in [4.69, 9.17) is 60.3 Å². The molecular weight excluding hydrogens is 352 g/mol. The van der Waals surface area contributed by atoms with Crippen LogP contribution in [0.25, 0.3) is 0 Å². The molecule has 25 heavy (non-hydrogen) atoms. The Kier molecular flexibility index (Phi) is 36.5. The van der Waals surface area contributed by atoms with E-state index in [0.717, 1.165) is 18.2 Å². The van der Waals surface area contributed by atoms with Crippen molar-refractivity contribution in [2.45, 2.75) is 0 Å². The van der Waals surface area contributed by atoms with Crippen LogP contribution in [0.1, 0.15) is 0 Å². The minimum atomic E-state index is -2.17. The molecule has 0 aliphatic heterocycles. The van der Waals surface area contributed by atoms with E-state index in [1.54, 1.807) is 0 Å². The summed E-state index contributed by atoms with van der Waals surface area (Å²) in [5.74, 6) is -1.19. The summed E-state index contributed by atoms with van der Waals surface area (Å²) in [6.07, 6.45) is 0. The number of hydrogen-bond acceptors (Lipinski definition) is 12. The number of hydrogen-bond donors (Lipinski definition) is 12. The third-order valence-electron chi connectivity index (χ3n) is 0.718. The largest absolute Gasteiger partial charge is 1.00 e.